The number of amides is 1. The molecule has 0 atom stereocenters. The number of aromatic nitrogens is 2. The van der Waals surface area contributed by atoms with Crippen molar-refractivity contribution in [2.75, 3.05) is 14.1 Å². The molecule has 20 heavy (non-hydrogen) atoms. The average Bonchev–Trinajstić information content (AvgIpc) is 2.66. The van der Waals surface area contributed by atoms with Crippen LogP contribution >= 0.6 is 0 Å². The van der Waals surface area contributed by atoms with E-state index >= 15 is 0 Å². The summed E-state index contributed by atoms with van der Waals surface area (Å²) in [7, 11) is 4.20. The molecule has 0 bridgehead atoms. The Bertz CT molecular complexity index is 689. The Morgan fingerprint density at radius 2 is 1.95 bits per heavy atom. The van der Waals surface area contributed by atoms with Gasteiger partial charge in [-0.1, -0.05) is 0 Å². The highest BCUT2D eigenvalue weighted by molar-refractivity contribution is 5.99. The molecule has 1 aromatic carbocycles. The molecule has 0 saturated heterocycles. The monoisotopic (exact) mass is 287 g/mol. The number of rotatable bonds is 1. The van der Waals surface area contributed by atoms with Gasteiger partial charge in [0.2, 0.25) is 5.82 Å². The van der Waals surface area contributed by atoms with Gasteiger partial charge < -0.3 is 14.6 Å². The fourth-order valence-corrected chi connectivity index (χ4v) is 1.90. The number of halogens is 3. The van der Waals surface area contributed by atoms with E-state index < -0.39 is 23.7 Å². The Balaban J connectivity index is 2.72. The molecule has 1 N–H and O–H groups in total. The number of hydrogen-bond donors (Lipinski definition) is 1. The highest BCUT2D eigenvalue weighted by Crippen LogP contribution is 2.34. The highest BCUT2D eigenvalue weighted by Gasteiger charge is 2.37. The molecule has 0 spiro atoms. The van der Waals surface area contributed by atoms with Crippen LogP contribution in [-0.4, -0.2) is 39.6 Å². The highest BCUT2D eigenvalue weighted by atomic mass is 19.4. The minimum absolute atomic E-state index is 0.0440. The maximum atomic E-state index is 12.8. The number of phenols is 1. The number of carbonyl (C=O) groups is 1. The van der Waals surface area contributed by atoms with Crippen LogP contribution in [0, 0.1) is 0 Å². The maximum absolute atomic E-state index is 12.8. The van der Waals surface area contributed by atoms with E-state index in [1.807, 2.05) is 0 Å². The molecular formula is C12H12F3N3O2. The first kappa shape index (κ1) is 14.2. The molecule has 0 aliphatic carbocycles. The van der Waals surface area contributed by atoms with Crippen LogP contribution in [0.2, 0.25) is 0 Å². The van der Waals surface area contributed by atoms with Crippen LogP contribution in [0.25, 0.3) is 11.0 Å². The van der Waals surface area contributed by atoms with Crippen molar-refractivity contribution < 1.29 is 23.1 Å². The van der Waals surface area contributed by atoms with E-state index in [9.17, 15) is 23.1 Å². The molecule has 2 aromatic rings. The Labute approximate surface area is 112 Å². The van der Waals surface area contributed by atoms with Crippen LogP contribution in [0.4, 0.5) is 13.2 Å². The number of phenolic OH excluding ortho intramolecular Hbond substituents is 1. The first-order valence-corrected chi connectivity index (χ1v) is 5.61. The fourth-order valence-electron chi connectivity index (χ4n) is 1.90. The lowest BCUT2D eigenvalue weighted by molar-refractivity contribution is -0.146. The van der Waals surface area contributed by atoms with Gasteiger partial charge in [0.1, 0.15) is 11.3 Å². The second-order valence-electron chi connectivity index (χ2n) is 4.55. The second kappa shape index (κ2) is 4.39. The van der Waals surface area contributed by atoms with Gasteiger partial charge in [0, 0.05) is 26.7 Å². The molecule has 5 nitrogen and oxygen atoms in total. The predicted octanol–water partition coefficient (Wildman–Crippen LogP) is 2.00. The van der Waals surface area contributed by atoms with Crippen LogP contribution < -0.4 is 0 Å². The number of hydrogen-bond acceptors (Lipinski definition) is 3. The fraction of sp³-hybridized carbons (Fsp3) is 0.333. The zero-order valence-electron chi connectivity index (χ0n) is 11.0. The molecule has 8 heteroatoms. The predicted molar refractivity (Wildman–Crippen MR) is 65.4 cm³/mol. The summed E-state index contributed by atoms with van der Waals surface area (Å²) in [5, 5.41) is 9.77. The quantitative estimate of drug-likeness (QED) is 0.872. The van der Waals surface area contributed by atoms with Crippen LogP contribution in [0.5, 0.6) is 5.75 Å². The first-order valence-electron chi connectivity index (χ1n) is 5.61. The van der Waals surface area contributed by atoms with E-state index in [0.29, 0.717) is 0 Å². The van der Waals surface area contributed by atoms with Gasteiger partial charge in [-0.2, -0.15) is 13.2 Å². The number of fused-ring (bicyclic) bond motifs is 1. The van der Waals surface area contributed by atoms with Gasteiger partial charge in [-0.25, -0.2) is 4.98 Å². The molecule has 0 aliphatic heterocycles. The Hall–Kier alpha value is -2.25. The van der Waals surface area contributed by atoms with Crippen molar-refractivity contribution in [3.05, 3.63) is 23.5 Å². The Morgan fingerprint density at radius 1 is 1.35 bits per heavy atom. The minimum Gasteiger partial charge on any atom is -0.506 e. The molecule has 1 heterocycles. The maximum Gasteiger partial charge on any atom is 0.449 e. The molecule has 1 amide bonds. The van der Waals surface area contributed by atoms with E-state index in [4.69, 9.17) is 0 Å². The van der Waals surface area contributed by atoms with Gasteiger partial charge in [0.05, 0.1) is 5.52 Å². The summed E-state index contributed by atoms with van der Waals surface area (Å²) in [5.74, 6) is -2.01. The number of benzene rings is 1. The van der Waals surface area contributed by atoms with E-state index in [2.05, 4.69) is 4.98 Å². The first-order chi connectivity index (χ1) is 9.12. The van der Waals surface area contributed by atoms with Gasteiger partial charge in [0.15, 0.2) is 0 Å². The summed E-state index contributed by atoms with van der Waals surface area (Å²) in [6.07, 6.45) is -4.63. The van der Waals surface area contributed by atoms with Crippen molar-refractivity contribution in [2.24, 2.45) is 7.05 Å². The zero-order valence-corrected chi connectivity index (χ0v) is 11.0. The van der Waals surface area contributed by atoms with Gasteiger partial charge >= 0.3 is 6.18 Å². The van der Waals surface area contributed by atoms with Crippen LogP contribution in [-0.2, 0) is 13.2 Å². The van der Waals surface area contributed by atoms with Crippen molar-refractivity contribution in [3.8, 4) is 5.75 Å². The minimum atomic E-state index is -4.63. The largest absolute Gasteiger partial charge is 0.506 e. The van der Waals surface area contributed by atoms with Gasteiger partial charge in [-0.05, 0) is 12.1 Å². The number of aromatic hydroxyl groups is 1. The van der Waals surface area contributed by atoms with Crippen molar-refractivity contribution >= 4 is 16.9 Å². The Kier molecular flexibility index (Phi) is 3.11. The normalized spacial score (nSPS) is 11.9. The van der Waals surface area contributed by atoms with Crippen LogP contribution in [0.1, 0.15) is 16.2 Å². The number of alkyl halides is 3. The topological polar surface area (TPSA) is 58.4 Å². The lowest BCUT2D eigenvalue weighted by Gasteiger charge is -2.11. The summed E-state index contributed by atoms with van der Waals surface area (Å²) in [6.45, 7) is 0. The third-order valence-electron chi connectivity index (χ3n) is 2.87. The average molecular weight is 287 g/mol. The summed E-state index contributed by atoms with van der Waals surface area (Å²) in [4.78, 5) is 16.5. The smallest absolute Gasteiger partial charge is 0.449 e. The molecule has 108 valence electrons. The van der Waals surface area contributed by atoms with Crippen LogP contribution in [0.3, 0.4) is 0 Å². The molecule has 0 aliphatic rings. The number of aryl methyl sites for hydroxylation is 1. The summed E-state index contributed by atoms with van der Waals surface area (Å²) >= 11 is 0. The summed E-state index contributed by atoms with van der Waals surface area (Å²) < 4.78 is 39.1. The van der Waals surface area contributed by atoms with E-state index in [1.165, 1.54) is 32.1 Å². The second-order valence-corrected chi connectivity index (χ2v) is 4.55. The van der Waals surface area contributed by atoms with Gasteiger partial charge in [0.25, 0.3) is 5.91 Å². The summed E-state index contributed by atoms with van der Waals surface area (Å²) in [6, 6.07) is 2.39. The molecule has 2 rings (SSSR count). The molecule has 0 unspecified atom stereocenters. The number of nitrogens with zero attached hydrogens (tertiary/aromatic N) is 3. The van der Waals surface area contributed by atoms with Crippen LogP contribution in [0.15, 0.2) is 12.1 Å². The van der Waals surface area contributed by atoms with Crippen molar-refractivity contribution in [1.29, 1.82) is 0 Å². The molecule has 0 saturated carbocycles. The summed E-state index contributed by atoms with van der Waals surface area (Å²) in [5.41, 5.74) is -0.0469. The van der Waals surface area contributed by atoms with Crippen molar-refractivity contribution in [2.45, 2.75) is 6.18 Å². The van der Waals surface area contributed by atoms with Gasteiger partial charge in [-0.15, -0.1) is 0 Å². The molecule has 0 radical (unpaired) electrons. The number of carbonyl (C=O) groups excluding carboxylic acids is 1. The third kappa shape index (κ3) is 2.17. The lowest BCUT2D eigenvalue weighted by atomic mass is 10.1. The molecule has 0 fully saturated rings. The number of imidazole rings is 1. The Morgan fingerprint density at radius 3 is 2.45 bits per heavy atom. The van der Waals surface area contributed by atoms with E-state index in [0.717, 1.165) is 10.6 Å². The SMILES string of the molecule is CN(C)C(=O)c1cc(O)c2nc(C(F)(F)F)n(C)c2c1. The standard InChI is InChI=1S/C12H12F3N3O2/c1-17(2)10(20)6-4-7-9(8(19)5-6)16-11(18(7)3)12(13,14)15/h4-5,19H,1-3H3. The van der Waals surface area contributed by atoms with E-state index in [1.54, 1.807) is 0 Å². The van der Waals surface area contributed by atoms with E-state index in [-0.39, 0.29) is 16.6 Å². The molecule has 1 aromatic heterocycles. The molecular weight excluding hydrogens is 275 g/mol. The van der Waals surface area contributed by atoms with Crippen molar-refractivity contribution in [3.63, 3.8) is 0 Å². The zero-order chi connectivity index (χ0) is 15.2. The van der Waals surface area contributed by atoms with Gasteiger partial charge in [-0.3, -0.25) is 4.79 Å². The third-order valence-corrected chi connectivity index (χ3v) is 2.87. The van der Waals surface area contributed by atoms with Crippen molar-refractivity contribution in [1.82, 2.24) is 14.5 Å². The lowest BCUT2D eigenvalue weighted by Crippen LogP contribution is -2.21.